The molecular weight excluding hydrogens is 449 g/mol. The van der Waals surface area contributed by atoms with Gasteiger partial charge in [0.25, 0.3) is 0 Å². The van der Waals surface area contributed by atoms with Gasteiger partial charge in [-0.25, -0.2) is 4.39 Å². The molecule has 1 saturated heterocycles. The number of phenols is 1. The van der Waals surface area contributed by atoms with Crippen LogP contribution >= 0.6 is 23.1 Å². The minimum Gasteiger partial charge on any atom is -0.508 e. The smallest absolute Gasteiger partial charge is 0.246 e. The van der Waals surface area contributed by atoms with Crippen LogP contribution in [0.4, 0.5) is 9.39 Å². The Bertz CT molecular complexity index is 1300. The summed E-state index contributed by atoms with van der Waals surface area (Å²) >= 11 is 7.85. The van der Waals surface area contributed by atoms with E-state index >= 15 is 4.39 Å². The first-order valence-electron chi connectivity index (χ1n) is 10.3. The molecule has 2 aromatic carbocycles. The van der Waals surface area contributed by atoms with E-state index in [0.717, 1.165) is 29.0 Å². The number of aromatic hydroxyl groups is 1. The van der Waals surface area contributed by atoms with Gasteiger partial charge in [-0.3, -0.25) is 4.79 Å². The summed E-state index contributed by atoms with van der Waals surface area (Å²) in [7, 11) is 1.75. The molecule has 8 heteroatoms. The molecule has 5 rings (SSSR count). The third kappa shape index (κ3) is 3.27. The van der Waals surface area contributed by atoms with Crippen LogP contribution in [0.15, 0.2) is 36.9 Å². The molecule has 3 aromatic rings. The van der Waals surface area contributed by atoms with Crippen molar-refractivity contribution in [2.45, 2.75) is 18.9 Å². The summed E-state index contributed by atoms with van der Waals surface area (Å²) in [4.78, 5) is 15.6. The number of carbonyl (C=O) groups is 1. The van der Waals surface area contributed by atoms with Crippen LogP contribution in [0.3, 0.4) is 0 Å². The summed E-state index contributed by atoms with van der Waals surface area (Å²) in [6, 6.07) is 5.10. The molecule has 5 nitrogen and oxygen atoms in total. The first kappa shape index (κ1) is 21.0. The second-order valence-corrected chi connectivity index (χ2v) is 9.30. The predicted octanol–water partition coefficient (Wildman–Crippen LogP) is 5.25. The highest BCUT2D eigenvalue weighted by molar-refractivity contribution is 7.11. The zero-order valence-corrected chi connectivity index (χ0v) is 19.0. The predicted molar refractivity (Wildman–Crippen MR) is 128 cm³/mol. The van der Waals surface area contributed by atoms with Crippen LogP contribution in [-0.2, 0) is 11.2 Å². The van der Waals surface area contributed by atoms with Crippen molar-refractivity contribution < 1.29 is 14.3 Å². The quantitative estimate of drug-likeness (QED) is 0.530. The molecule has 1 aliphatic heterocycles. The van der Waals surface area contributed by atoms with Crippen LogP contribution in [0.5, 0.6) is 5.75 Å². The molecule has 1 aromatic heterocycles. The third-order valence-electron chi connectivity index (χ3n) is 6.26. The van der Waals surface area contributed by atoms with Gasteiger partial charge < -0.3 is 14.9 Å². The third-order valence-corrected chi connectivity index (χ3v) is 7.49. The monoisotopic (exact) mass is 469 g/mol. The summed E-state index contributed by atoms with van der Waals surface area (Å²) in [5.41, 5.74) is 3.01. The van der Waals surface area contributed by atoms with Gasteiger partial charge in [0.1, 0.15) is 16.3 Å². The lowest BCUT2D eigenvalue weighted by molar-refractivity contribution is -0.127. The topological polar surface area (TPSA) is 56.7 Å². The van der Waals surface area contributed by atoms with E-state index in [0.29, 0.717) is 24.0 Å². The summed E-state index contributed by atoms with van der Waals surface area (Å²) in [5, 5.41) is 12.0. The highest BCUT2D eigenvalue weighted by atomic mass is 35.5. The number of allylic oxidation sites excluding steroid dienone is 1. The lowest BCUT2D eigenvalue weighted by atomic mass is 9.88. The minimum absolute atomic E-state index is 0.0733. The number of fused-ring (bicyclic) bond motifs is 2. The van der Waals surface area contributed by atoms with Crippen LogP contribution in [0.2, 0.25) is 5.02 Å². The number of rotatable bonds is 4. The van der Waals surface area contributed by atoms with Crippen molar-refractivity contribution in [3.8, 4) is 16.9 Å². The summed E-state index contributed by atoms with van der Waals surface area (Å²) in [5.74, 6) is -0.523. The number of hydrogen-bond acceptors (Lipinski definition) is 5. The molecule has 0 saturated carbocycles. The van der Waals surface area contributed by atoms with Gasteiger partial charge in [0, 0.05) is 31.1 Å². The fraction of sp³-hybridized carbons (Fsp3) is 0.250. The molecule has 1 amide bonds. The molecular formula is C24H21ClFN3O2S. The van der Waals surface area contributed by atoms with E-state index in [1.807, 2.05) is 12.2 Å². The zero-order valence-electron chi connectivity index (χ0n) is 17.4. The molecule has 1 fully saturated rings. The van der Waals surface area contributed by atoms with Gasteiger partial charge in [0.15, 0.2) is 5.82 Å². The standard InChI is InChI=1S/C24H21ClFN3O2S/c1-3-20(31)28(2)14-11-29(12-14)24-18-10-19(25)21(22(26)23(18)27-32-24)17-9-15(30)8-13-6-4-5-7-16(13)17/h3-4,6,8-10,14,30H,1,5,7,11-12H2,2H3. The number of likely N-dealkylation sites (N-methyl/N-ethyl adjacent to an activating group) is 1. The van der Waals surface area contributed by atoms with E-state index in [2.05, 4.69) is 15.9 Å². The highest BCUT2D eigenvalue weighted by Crippen LogP contribution is 2.44. The Balaban J connectivity index is 1.53. The van der Waals surface area contributed by atoms with Crippen LogP contribution in [-0.4, -0.2) is 46.5 Å². The van der Waals surface area contributed by atoms with Crippen molar-refractivity contribution in [1.29, 1.82) is 0 Å². The lowest BCUT2D eigenvalue weighted by Crippen LogP contribution is -2.59. The Morgan fingerprint density at radius 2 is 2.19 bits per heavy atom. The van der Waals surface area contributed by atoms with Gasteiger partial charge in [0.05, 0.1) is 11.1 Å². The van der Waals surface area contributed by atoms with Gasteiger partial charge in [0.2, 0.25) is 5.91 Å². The number of amides is 1. The van der Waals surface area contributed by atoms with E-state index in [9.17, 15) is 9.90 Å². The van der Waals surface area contributed by atoms with Gasteiger partial charge >= 0.3 is 0 Å². The van der Waals surface area contributed by atoms with Crippen LogP contribution in [0, 0.1) is 5.82 Å². The molecule has 2 aliphatic rings. The van der Waals surface area contributed by atoms with E-state index in [-0.39, 0.29) is 33.8 Å². The van der Waals surface area contributed by atoms with E-state index in [1.165, 1.54) is 17.6 Å². The molecule has 1 N–H and O–H groups in total. The fourth-order valence-corrected chi connectivity index (χ4v) is 5.60. The molecule has 164 valence electrons. The normalized spacial score (nSPS) is 15.5. The molecule has 0 radical (unpaired) electrons. The van der Waals surface area contributed by atoms with Crippen molar-refractivity contribution in [2.75, 3.05) is 25.0 Å². The molecule has 32 heavy (non-hydrogen) atoms. The summed E-state index contributed by atoms with van der Waals surface area (Å²) < 4.78 is 20.1. The molecule has 2 heterocycles. The van der Waals surface area contributed by atoms with E-state index in [1.54, 1.807) is 30.1 Å². The molecule has 0 bridgehead atoms. The van der Waals surface area contributed by atoms with Crippen molar-refractivity contribution in [3.63, 3.8) is 0 Å². The number of anilines is 1. The molecule has 0 spiro atoms. The maximum atomic E-state index is 15.8. The SMILES string of the molecule is C=CC(=O)N(C)C1CN(c2snc3c(F)c(-c4cc(O)cc5c4CCC=C5)c(Cl)cc23)C1. The summed E-state index contributed by atoms with van der Waals surface area (Å²) in [6.45, 7) is 4.81. The number of halogens is 2. The van der Waals surface area contributed by atoms with E-state index in [4.69, 9.17) is 11.6 Å². The van der Waals surface area contributed by atoms with Crippen molar-refractivity contribution in [2.24, 2.45) is 0 Å². The summed E-state index contributed by atoms with van der Waals surface area (Å²) in [6.07, 6.45) is 6.90. The maximum Gasteiger partial charge on any atom is 0.246 e. The zero-order chi connectivity index (χ0) is 22.6. The second kappa shape index (κ2) is 7.90. The molecule has 0 atom stereocenters. The number of carbonyl (C=O) groups excluding carboxylic acids is 1. The number of benzene rings is 2. The molecule has 0 unspecified atom stereocenters. The van der Waals surface area contributed by atoms with Gasteiger partial charge in [-0.05, 0) is 65.3 Å². The van der Waals surface area contributed by atoms with Gasteiger partial charge in [-0.1, -0.05) is 30.3 Å². The van der Waals surface area contributed by atoms with Crippen molar-refractivity contribution in [1.82, 2.24) is 9.27 Å². The van der Waals surface area contributed by atoms with Gasteiger partial charge in [-0.15, -0.1) is 0 Å². The number of aromatic nitrogens is 1. The maximum absolute atomic E-state index is 15.8. The average molecular weight is 470 g/mol. The van der Waals surface area contributed by atoms with Crippen LogP contribution in [0.25, 0.3) is 28.1 Å². The average Bonchev–Trinajstić information content (AvgIpc) is 3.15. The van der Waals surface area contributed by atoms with Crippen LogP contribution in [0.1, 0.15) is 17.5 Å². The Morgan fingerprint density at radius 3 is 2.94 bits per heavy atom. The van der Waals surface area contributed by atoms with Crippen molar-refractivity contribution in [3.05, 3.63) is 58.9 Å². The largest absolute Gasteiger partial charge is 0.508 e. The Morgan fingerprint density at radius 1 is 1.41 bits per heavy atom. The fourth-order valence-electron chi connectivity index (χ4n) is 4.43. The van der Waals surface area contributed by atoms with Gasteiger partial charge in [-0.2, -0.15) is 4.37 Å². The van der Waals surface area contributed by atoms with E-state index < -0.39 is 5.82 Å². The number of nitrogens with zero attached hydrogens (tertiary/aromatic N) is 3. The number of phenolic OH excluding ortho intramolecular Hbond substituents is 1. The first-order valence-corrected chi connectivity index (χ1v) is 11.5. The minimum atomic E-state index is -0.478. The number of hydrogen-bond donors (Lipinski definition) is 1. The molecule has 1 aliphatic carbocycles. The Kier molecular flexibility index (Phi) is 5.18. The van der Waals surface area contributed by atoms with Crippen molar-refractivity contribution >= 4 is 51.0 Å². The second-order valence-electron chi connectivity index (χ2n) is 8.15. The Hall–Kier alpha value is -2.90. The first-order chi connectivity index (χ1) is 15.4. The highest BCUT2D eigenvalue weighted by Gasteiger charge is 2.34. The van der Waals surface area contributed by atoms with Crippen LogP contribution < -0.4 is 4.90 Å². The lowest BCUT2D eigenvalue weighted by Gasteiger charge is -2.44. The Labute approximate surface area is 194 Å².